The number of hydrogen-bond donors (Lipinski definition) is 1. The van der Waals surface area contributed by atoms with E-state index in [4.69, 9.17) is 0 Å². The van der Waals surface area contributed by atoms with E-state index in [0.29, 0.717) is 0 Å². The number of nitrogens with one attached hydrogen (secondary N) is 1. The summed E-state index contributed by atoms with van der Waals surface area (Å²) in [6, 6.07) is 54.5. The van der Waals surface area contributed by atoms with Gasteiger partial charge in [0.05, 0.1) is 0 Å². The highest BCUT2D eigenvalue weighted by atomic mass is 15.1. The Labute approximate surface area is 247 Å². The van der Waals surface area contributed by atoms with Gasteiger partial charge in [-0.05, 0) is 83.4 Å². The first-order chi connectivity index (χ1) is 20.7. The second kappa shape index (κ2) is 10.9. The quantitative estimate of drug-likeness (QED) is 0.202. The van der Waals surface area contributed by atoms with Crippen LogP contribution in [0.15, 0.2) is 152 Å². The summed E-state index contributed by atoms with van der Waals surface area (Å²) in [6.07, 6.45) is 0. The molecule has 1 aromatic heterocycles. The fraction of sp³-hybridized carbons (Fsp3) is 0.0769. The summed E-state index contributed by atoms with van der Waals surface area (Å²) in [5.74, 6) is 0.0928. The molecule has 0 aliphatic rings. The van der Waals surface area contributed by atoms with Crippen LogP contribution in [0.5, 0.6) is 0 Å². The molecule has 3 nitrogen and oxygen atoms in total. The molecular weight excluding hydrogens is 510 g/mol. The van der Waals surface area contributed by atoms with Crippen LogP contribution in [0.25, 0.3) is 21.8 Å². The van der Waals surface area contributed by atoms with Crippen molar-refractivity contribution in [1.82, 2.24) is 4.98 Å². The van der Waals surface area contributed by atoms with Crippen molar-refractivity contribution in [3.05, 3.63) is 168 Å². The molecule has 0 saturated heterocycles. The highest BCUT2D eigenvalue weighted by molar-refractivity contribution is 6.07. The Balaban J connectivity index is 1.30. The standard InChI is InChI=1S/C39H33N3/c1-41(31-11-5-3-6-12-31)33-22-17-28(18-23-33)39(29-19-24-34(25-20-29)42(2)32-13-7-4-8-14-32)30-21-26-38-36(27-30)35-15-9-10-16-37(35)40-38/h3-27,39-40H,1-2H3. The number of aromatic nitrogens is 1. The third kappa shape index (κ3) is 4.80. The average Bonchev–Trinajstić information content (AvgIpc) is 3.44. The minimum Gasteiger partial charge on any atom is -0.355 e. The number of benzene rings is 6. The van der Waals surface area contributed by atoms with Gasteiger partial charge in [0.1, 0.15) is 0 Å². The maximum Gasteiger partial charge on any atom is 0.0465 e. The van der Waals surface area contributed by atoms with E-state index < -0.39 is 0 Å². The molecule has 7 aromatic rings. The molecule has 0 fully saturated rings. The van der Waals surface area contributed by atoms with Gasteiger partial charge in [-0.1, -0.05) is 84.9 Å². The number of nitrogens with zero attached hydrogens (tertiary/aromatic N) is 2. The third-order valence-corrected chi connectivity index (χ3v) is 8.38. The molecule has 0 unspecified atom stereocenters. The van der Waals surface area contributed by atoms with Gasteiger partial charge in [-0.2, -0.15) is 0 Å². The molecule has 0 amide bonds. The van der Waals surface area contributed by atoms with Crippen LogP contribution in [0.2, 0.25) is 0 Å². The van der Waals surface area contributed by atoms with Gasteiger partial charge in [0, 0.05) is 64.6 Å². The Kier molecular flexibility index (Phi) is 6.69. The van der Waals surface area contributed by atoms with Crippen LogP contribution in [-0.4, -0.2) is 19.1 Å². The van der Waals surface area contributed by atoms with Crippen molar-refractivity contribution in [2.45, 2.75) is 5.92 Å². The summed E-state index contributed by atoms with van der Waals surface area (Å²) in [7, 11) is 4.24. The molecular formula is C39H33N3. The lowest BCUT2D eigenvalue weighted by atomic mass is 9.84. The normalized spacial score (nSPS) is 11.3. The van der Waals surface area contributed by atoms with E-state index in [2.05, 4.69) is 181 Å². The molecule has 3 heteroatoms. The van der Waals surface area contributed by atoms with Gasteiger partial charge in [0.2, 0.25) is 0 Å². The Morgan fingerprint density at radius 1 is 0.405 bits per heavy atom. The van der Waals surface area contributed by atoms with Crippen LogP contribution in [0, 0.1) is 0 Å². The summed E-state index contributed by atoms with van der Waals surface area (Å²) in [4.78, 5) is 8.04. The topological polar surface area (TPSA) is 22.3 Å². The first kappa shape index (κ1) is 25.7. The SMILES string of the molecule is CN(c1ccccc1)c1ccc(C(c2ccc(N(C)c3ccccc3)cc2)c2ccc3[nH]c4ccccc4c3c2)cc1. The summed E-state index contributed by atoms with van der Waals surface area (Å²) in [5.41, 5.74) is 10.8. The van der Waals surface area contributed by atoms with E-state index in [1.54, 1.807) is 0 Å². The lowest BCUT2D eigenvalue weighted by Crippen LogP contribution is -2.10. The molecule has 0 radical (unpaired) electrons. The average molecular weight is 544 g/mol. The Bertz CT molecular complexity index is 1850. The molecule has 0 bridgehead atoms. The van der Waals surface area contributed by atoms with E-state index in [1.807, 2.05) is 0 Å². The van der Waals surface area contributed by atoms with Crippen molar-refractivity contribution in [3.63, 3.8) is 0 Å². The molecule has 0 aliphatic heterocycles. The maximum atomic E-state index is 3.58. The van der Waals surface area contributed by atoms with Crippen LogP contribution < -0.4 is 9.80 Å². The molecule has 0 atom stereocenters. The molecule has 1 heterocycles. The Morgan fingerprint density at radius 3 is 1.38 bits per heavy atom. The number of aromatic amines is 1. The molecule has 42 heavy (non-hydrogen) atoms. The first-order valence-corrected chi connectivity index (χ1v) is 14.4. The minimum absolute atomic E-state index is 0.0928. The molecule has 0 spiro atoms. The fourth-order valence-corrected chi connectivity index (χ4v) is 6.00. The number of anilines is 4. The van der Waals surface area contributed by atoms with E-state index in [9.17, 15) is 0 Å². The molecule has 204 valence electrons. The van der Waals surface area contributed by atoms with E-state index in [0.717, 1.165) is 11.4 Å². The second-order valence-electron chi connectivity index (χ2n) is 10.9. The van der Waals surface area contributed by atoms with Crippen molar-refractivity contribution in [1.29, 1.82) is 0 Å². The Hall–Kier alpha value is -5.28. The maximum absolute atomic E-state index is 3.58. The third-order valence-electron chi connectivity index (χ3n) is 8.38. The lowest BCUT2D eigenvalue weighted by molar-refractivity contribution is 0.978. The molecule has 7 rings (SSSR count). The summed E-state index contributed by atoms with van der Waals surface area (Å²) < 4.78 is 0. The molecule has 0 aliphatic carbocycles. The zero-order valence-electron chi connectivity index (χ0n) is 23.9. The lowest BCUT2D eigenvalue weighted by Gasteiger charge is -2.24. The van der Waals surface area contributed by atoms with Gasteiger partial charge in [-0.15, -0.1) is 0 Å². The highest BCUT2D eigenvalue weighted by Gasteiger charge is 2.19. The smallest absolute Gasteiger partial charge is 0.0465 e. The van der Waals surface area contributed by atoms with Crippen LogP contribution in [0.3, 0.4) is 0 Å². The van der Waals surface area contributed by atoms with Crippen LogP contribution in [0.1, 0.15) is 22.6 Å². The Morgan fingerprint density at radius 2 is 0.833 bits per heavy atom. The largest absolute Gasteiger partial charge is 0.355 e. The fourth-order valence-electron chi connectivity index (χ4n) is 6.00. The molecule has 0 saturated carbocycles. The van der Waals surface area contributed by atoms with Gasteiger partial charge < -0.3 is 14.8 Å². The summed E-state index contributed by atoms with van der Waals surface area (Å²) >= 11 is 0. The zero-order valence-corrected chi connectivity index (χ0v) is 23.9. The molecule has 1 N–H and O–H groups in total. The van der Waals surface area contributed by atoms with E-state index in [1.165, 1.54) is 49.9 Å². The first-order valence-electron chi connectivity index (χ1n) is 14.4. The van der Waals surface area contributed by atoms with Crippen molar-refractivity contribution in [3.8, 4) is 0 Å². The van der Waals surface area contributed by atoms with Gasteiger partial charge in [-0.25, -0.2) is 0 Å². The summed E-state index contributed by atoms with van der Waals surface area (Å²) in [6.45, 7) is 0. The molecule has 6 aromatic carbocycles. The monoisotopic (exact) mass is 543 g/mol. The minimum atomic E-state index is 0.0928. The predicted octanol–water partition coefficient (Wildman–Crippen LogP) is 10.0. The van der Waals surface area contributed by atoms with Crippen LogP contribution in [-0.2, 0) is 0 Å². The van der Waals surface area contributed by atoms with E-state index in [-0.39, 0.29) is 5.92 Å². The van der Waals surface area contributed by atoms with Crippen molar-refractivity contribution >= 4 is 44.6 Å². The number of para-hydroxylation sites is 3. The van der Waals surface area contributed by atoms with Crippen molar-refractivity contribution in [2.75, 3.05) is 23.9 Å². The van der Waals surface area contributed by atoms with Crippen LogP contribution >= 0.6 is 0 Å². The number of rotatable bonds is 7. The number of fused-ring (bicyclic) bond motifs is 3. The second-order valence-corrected chi connectivity index (χ2v) is 10.9. The predicted molar refractivity (Wildman–Crippen MR) is 179 cm³/mol. The van der Waals surface area contributed by atoms with Gasteiger partial charge >= 0.3 is 0 Å². The van der Waals surface area contributed by atoms with Crippen molar-refractivity contribution < 1.29 is 0 Å². The number of hydrogen-bond acceptors (Lipinski definition) is 2. The highest BCUT2D eigenvalue weighted by Crippen LogP contribution is 2.37. The summed E-state index contributed by atoms with van der Waals surface area (Å²) in [5, 5.41) is 2.52. The van der Waals surface area contributed by atoms with E-state index >= 15 is 0 Å². The van der Waals surface area contributed by atoms with Crippen LogP contribution in [0.4, 0.5) is 22.7 Å². The van der Waals surface area contributed by atoms with Gasteiger partial charge in [0.25, 0.3) is 0 Å². The van der Waals surface area contributed by atoms with Gasteiger partial charge in [-0.3, -0.25) is 0 Å². The zero-order chi connectivity index (χ0) is 28.5. The van der Waals surface area contributed by atoms with Gasteiger partial charge in [0.15, 0.2) is 0 Å². The number of H-pyrrole nitrogens is 1. The van der Waals surface area contributed by atoms with Crippen molar-refractivity contribution in [2.24, 2.45) is 0 Å².